The van der Waals surface area contributed by atoms with Gasteiger partial charge in [-0.2, -0.15) is 0 Å². The van der Waals surface area contributed by atoms with Gasteiger partial charge < -0.3 is 9.52 Å². The first-order valence-corrected chi connectivity index (χ1v) is 8.27. The van der Waals surface area contributed by atoms with E-state index in [2.05, 4.69) is 0 Å². The minimum Gasteiger partial charge on any atom is -0.475 e. The Kier molecular flexibility index (Phi) is 3.33. The van der Waals surface area contributed by atoms with Gasteiger partial charge in [0.1, 0.15) is 0 Å². The maximum atomic E-state index is 12.3. The molecule has 0 fully saturated rings. The highest BCUT2D eigenvalue weighted by atomic mass is 32.2. The molecule has 0 unspecified atom stereocenters. The summed E-state index contributed by atoms with van der Waals surface area (Å²) in [5, 5.41) is 8.47. The fourth-order valence-corrected chi connectivity index (χ4v) is 3.86. The third kappa shape index (κ3) is 2.71. The van der Waals surface area contributed by atoms with Gasteiger partial charge in [-0.1, -0.05) is 18.2 Å². The van der Waals surface area contributed by atoms with Crippen molar-refractivity contribution in [1.82, 2.24) is 0 Å². The van der Waals surface area contributed by atoms with Gasteiger partial charge >= 0.3 is 5.97 Å². The third-order valence-electron chi connectivity index (χ3n) is 3.62. The highest BCUT2D eigenvalue weighted by molar-refractivity contribution is 7.90. The summed E-state index contributed by atoms with van der Waals surface area (Å²) in [5.74, 6) is -1.84. The van der Waals surface area contributed by atoms with Gasteiger partial charge in [0, 0.05) is 0 Å². The number of aryl methyl sites for hydroxylation is 2. The fourth-order valence-electron chi connectivity index (χ4n) is 2.61. The van der Waals surface area contributed by atoms with Crippen LogP contribution >= 0.6 is 0 Å². The van der Waals surface area contributed by atoms with Crippen molar-refractivity contribution >= 4 is 15.8 Å². The summed E-state index contributed by atoms with van der Waals surface area (Å²) >= 11 is 0. The summed E-state index contributed by atoms with van der Waals surface area (Å²) in [6.45, 7) is 0. The topological polar surface area (TPSA) is 84.6 Å². The molecule has 1 aliphatic carbocycles. The first-order valence-electron chi connectivity index (χ1n) is 6.62. The zero-order valence-electron chi connectivity index (χ0n) is 11.2. The van der Waals surface area contributed by atoms with Gasteiger partial charge in [-0.15, -0.1) is 0 Å². The van der Waals surface area contributed by atoms with Gasteiger partial charge in [-0.3, -0.25) is 0 Å². The van der Waals surface area contributed by atoms with E-state index in [0.29, 0.717) is 5.56 Å². The Bertz CT molecular complexity index is 801. The van der Waals surface area contributed by atoms with E-state index in [1.807, 2.05) is 18.2 Å². The maximum absolute atomic E-state index is 12.3. The maximum Gasteiger partial charge on any atom is 0.371 e. The minimum absolute atomic E-state index is 0.188. The molecular weight excluding hydrogens is 292 g/mol. The van der Waals surface area contributed by atoms with Crippen molar-refractivity contribution in [3.63, 3.8) is 0 Å². The van der Waals surface area contributed by atoms with E-state index in [1.165, 1.54) is 17.2 Å². The zero-order chi connectivity index (χ0) is 15.0. The molecule has 0 spiro atoms. The molecule has 1 aromatic carbocycles. The Hall–Kier alpha value is -2.08. The predicted molar refractivity (Wildman–Crippen MR) is 75.0 cm³/mol. The molecule has 1 aromatic heterocycles. The number of sulfone groups is 1. The van der Waals surface area contributed by atoms with Crippen molar-refractivity contribution in [2.24, 2.45) is 0 Å². The lowest BCUT2D eigenvalue weighted by Crippen LogP contribution is -2.04. The lowest BCUT2D eigenvalue weighted by Gasteiger charge is -2.05. The van der Waals surface area contributed by atoms with Crippen LogP contribution in [0.3, 0.4) is 0 Å². The number of hydrogen-bond donors (Lipinski definition) is 1. The first-order chi connectivity index (χ1) is 9.95. The lowest BCUT2D eigenvalue weighted by molar-refractivity contribution is 0.0656. The van der Waals surface area contributed by atoms with Crippen molar-refractivity contribution in [2.75, 3.05) is 0 Å². The van der Waals surface area contributed by atoms with Gasteiger partial charge in [0.2, 0.25) is 20.7 Å². The Morgan fingerprint density at radius 2 is 1.90 bits per heavy atom. The number of hydrogen-bond acceptors (Lipinski definition) is 4. The van der Waals surface area contributed by atoms with E-state index in [1.54, 1.807) is 0 Å². The van der Waals surface area contributed by atoms with Crippen LogP contribution in [0, 0.1) is 0 Å². The summed E-state index contributed by atoms with van der Waals surface area (Å²) in [6, 6.07) is 8.03. The van der Waals surface area contributed by atoms with Crippen LogP contribution in [-0.4, -0.2) is 19.5 Å². The number of benzene rings is 1. The molecule has 1 aliphatic rings. The van der Waals surface area contributed by atoms with E-state index in [0.717, 1.165) is 25.3 Å². The standard InChI is InChI=1S/C15H14O5S/c16-15(17)13-6-7-14(20-13)21(18,19)9-10-4-5-11-2-1-3-12(11)8-10/h4-8H,1-3,9H2,(H,16,17). The van der Waals surface area contributed by atoms with E-state index in [-0.39, 0.29) is 16.6 Å². The van der Waals surface area contributed by atoms with E-state index < -0.39 is 15.8 Å². The largest absolute Gasteiger partial charge is 0.475 e. The second-order valence-corrected chi connectivity index (χ2v) is 7.06. The Morgan fingerprint density at radius 3 is 2.62 bits per heavy atom. The molecule has 0 radical (unpaired) electrons. The molecule has 21 heavy (non-hydrogen) atoms. The Balaban J connectivity index is 1.87. The van der Waals surface area contributed by atoms with Gasteiger partial charge in [0.05, 0.1) is 5.75 Å². The third-order valence-corrected chi connectivity index (χ3v) is 5.16. The summed E-state index contributed by atoms with van der Waals surface area (Å²) in [4.78, 5) is 10.7. The van der Waals surface area contributed by atoms with Gasteiger partial charge in [0.25, 0.3) is 0 Å². The summed E-state index contributed by atoms with van der Waals surface area (Å²) in [5.41, 5.74) is 3.18. The highest BCUT2D eigenvalue weighted by Gasteiger charge is 2.22. The van der Waals surface area contributed by atoms with Crippen molar-refractivity contribution < 1.29 is 22.7 Å². The molecule has 110 valence electrons. The Labute approximate surface area is 122 Å². The zero-order valence-corrected chi connectivity index (χ0v) is 12.0. The normalized spacial score (nSPS) is 14.1. The molecule has 3 rings (SSSR count). The average Bonchev–Trinajstić information content (AvgIpc) is 3.07. The van der Waals surface area contributed by atoms with Crippen LogP contribution in [0.5, 0.6) is 0 Å². The number of carbonyl (C=O) groups is 1. The second-order valence-electron chi connectivity index (χ2n) is 5.14. The number of carboxylic acid groups (broad SMARTS) is 1. The van der Waals surface area contributed by atoms with Crippen LogP contribution in [0.1, 0.15) is 33.7 Å². The van der Waals surface area contributed by atoms with Gasteiger partial charge in [-0.25, -0.2) is 13.2 Å². The molecule has 1 heterocycles. The fraction of sp³-hybridized carbons (Fsp3) is 0.267. The molecule has 0 atom stereocenters. The second kappa shape index (κ2) is 5.04. The summed E-state index contributed by atoms with van der Waals surface area (Å²) < 4.78 is 29.4. The van der Waals surface area contributed by atoms with Crippen LogP contribution in [0.4, 0.5) is 0 Å². The molecule has 0 saturated heterocycles. The number of furan rings is 1. The number of carboxylic acids is 1. The smallest absolute Gasteiger partial charge is 0.371 e. The highest BCUT2D eigenvalue weighted by Crippen LogP contribution is 2.25. The molecule has 0 saturated carbocycles. The average molecular weight is 306 g/mol. The molecular formula is C15H14O5S. The monoisotopic (exact) mass is 306 g/mol. The number of rotatable bonds is 4. The molecule has 0 bridgehead atoms. The van der Waals surface area contributed by atoms with E-state index in [9.17, 15) is 13.2 Å². The molecule has 1 N–H and O–H groups in total. The lowest BCUT2D eigenvalue weighted by atomic mass is 10.1. The Morgan fingerprint density at radius 1 is 1.14 bits per heavy atom. The molecule has 5 nitrogen and oxygen atoms in total. The van der Waals surface area contributed by atoms with Crippen LogP contribution in [0.25, 0.3) is 0 Å². The quantitative estimate of drug-likeness (QED) is 0.937. The SMILES string of the molecule is O=C(O)c1ccc(S(=O)(=O)Cc2ccc3c(c2)CCC3)o1. The van der Waals surface area contributed by atoms with Crippen LogP contribution in [0.2, 0.25) is 0 Å². The first kappa shape index (κ1) is 13.9. The minimum atomic E-state index is -3.67. The van der Waals surface area contributed by atoms with Crippen molar-refractivity contribution in [2.45, 2.75) is 30.1 Å². The number of fused-ring (bicyclic) bond motifs is 1. The molecule has 6 heteroatoms. The van der Waals surface area contributed by atoms with Crippen LogP contribution in [-0.2, 0) is 28.4 Å². The van der Waals surface area contributed by atoms with Crippen molar-refractivity contribution in [1.29, 1.82) is 0 Å². The predicted octanol–water partition coefficient (Wildman–Crippen LogP) is 2.44. The molecule has 2 aromatic rings. The van der Waals surface area contributed by atoms with Gasteiger partial charge in [-0.05, 0) is 48.1 Å². The summed E-state index contributed by atoms with van der Waals surface area (Å²) in [6.07, 6.45) is 3.13. The molecule has 0 amide bonds. The van der Waals surface area contributed by atoms with Crippen LogP contribution < -0.4 is 0 Å². The molecule has 0 aliphatic heterocycles. The van der Waals surface area contributed by atoms with Crippen LogP contribution in [0.15, 0.2) is 39.8 Å². The summed E-state index contributed by atoms with van der Waals surface area (Å²) in [7, 11) is -3.67. The van der Waals surface area contributed by atoms with E-state index in [4.69, 9.17) is 9.52 Å². The number of aromatic carboxylic acids is 1. The van der Waals surface area contributed by atoms with Crippen molar-refractivity contribution in [3.8, 4) is 0 Å². The van der Waals surface area contributed by atoms with Gasteiger partial charge in [0.15, 0.2) is 0 Å². The van der Waals surface area contributed by atoms with E-state index >= 15 is 0 Å². The van der Waals surface area contributed by atoms with Crippen molar-refractivity contribution in [3.05, 3.63) is 52.8 Å².